The van der Waals surface area contributed by atoms with E-state index >= 15 is 0 Å². The molecule has 7 heteroatoms. The van der Waals surface area contributed by atoms with Gasteiger partial charge in [-0.15, -0.1) is 0 Å². The van der Waals surface area contributed by atoms with Gasteiger partial charge in [0.05, 0.1) is 7.11 Å². The Kier molecular flexibility index (Phi) is 6.90. The van der Waals surface area contributed by atoms with Crippen LogP contribution in [-0.2, 0) is 14.3 Å². The molecule has 7 nitrogen and oxygen atoms in total. The summed E-state index contributed by atoms with van der Waals surface area (Å²) in [5.74, 6) is 0.101. The molecular formula is C21H28N2O5. The summed E-state index contributed by atoms with van der Waals surface area (Å²) in [7, 11) is 1.55. The Morgan fingerprint density at radius 1 is 1.07 bits per heavy atom. The van der Waals surface area contributed by atoms with Crippen LogP contribution in [0.25, 0.3) is 0 Å². The van der Waals surface area contributed by atoms with Crippen LogP contribution < -0.4 is 10.1 Å². The van der Waals surface area contributed by atoms with Crippen molar-refractivity contribution in [3.63, 3.8) is 0 Å². The number of hydrogen-bond acceptors (Lipinski definition) is 5. The number of piperidine rings is 1. The van der Waals surface area contributed by atoms with Gasteiger partial charge in [-0.1, -0.05) is 12.8 Å². The molecule has 0 aromatic heterocycles. The summed E-state index contributed by atoms with van der Waals surface area (Å²) >= 11 is 0. The SMILES string of the molecule is COc1ccc(C(=O)NCC(=O)OCC(=O)N2CCC[C@@H]3CCCC[C@H]32)cc1. The minimum Gasteiger partial charge on any atom is -0.497 e. The van der Waals surface area contributed by atoms with Crippen LogP contribution in [0.4, 0.5) is 0 Å². The van der Waals surface area contributed by atoms with E-state index in [1.165, 1.54) is 19.3 Å². The second-order valence-electron chi connectivity index (χ2n) is 7.41. The van der Waals surface area contributed by atoms with E-state index in [-0.39, 0.29) is 25.0 Å². The van der Waals surface area contributed by atoms with Gasteiger partial charge in [-0.05, 0) is 55.9 Å². The van der Waals surface area contributed by atoms with Gasteiger partial charge in [0.1, 0.15) is 12.3 Å². The smallest absolute Gasteiger partial charge is 0.325 e. The summed E-state index contributed by atoms with van der Waals surface area (Å²) in [4.78, 5) is 38.4. The predicted octanol–water partition coefficient (Wildman–Crippen LogP) is 2.15. The molecule has 28 heavy (non-hydrogen) atoms. The molecule has 2 atom stereocenters. The molecule has 1 aliphatic carbocycles. The van der Waals surface area contributed by atoms with Gasteiger partial charge in [0.25, 0.3) is 11.8 Å². The van der Waals surface area contributed by atoms with Crippen molar-refractivity contribution in [2.75, 3.05) is 26.8 Å². The van der Waals surface area contributed by atoms with Crippen LogP contribution in [-0.4, -0.2) is 55.5 Å². The Balaban J connectivity index is 1.42. The number of likely N-dealkylation sites (tertiary alicyclic amines) is 1. The molecular weight excluding hydrogens is 360 g/mol. The summed E-state index contributed by atoms with van der Waals surface area (Å²) < 4.78 is 10.1. The average molecular weight is 388 g/mol. The zero-order chi connectivity index (χ0) is 19.9. The van der Waals surface area contributed by atoms with Crippen LogP contribution in [0.1, 0.15) is 48.9 Å². The zero-order valence-electron chi connectivity index (χ0n) is 16.3. The van der Waals surface area contributed by atoms with Crippen LogP contribution in [0.2, 0.25) is 0 Å². The number of esters is 1. The van der Waals surface area contributed by atoms with Crippen molar-refractivity contribution in [2.24, 2.45) is 5.92 Å². The molecule has 0 radical (unpaired) electrons. The highest BCUT2D eigenvalue weighted by atomic mass is 16.5. The highest BCUT2D eigenvalue weighted by molar-refractivity contribution is 5.96. The van der Waals surface area contributed by atoms with Crippen LogP contribution >= 0.6 is 0 Å². The molecule has 152 valence electrons. The third-order valence-corrected chi connectivity index (χ3v) is 5.67. The van der Waals surface area contributed by atoms with Gasteiger partial charge in [0.2, 0.25) is 0 Å². The second kappa shape index (κ2) is 9.57. The number of fused-ring (bicyclic) bond motifs is 1. The van der Waals surface area contributed by atoms with Crippen molar-refractivity contribution in [1.82, 2.24) is 10.2 Å². The van der Waals surface area contributed by atoms with Crippen LogP contribution in [0.5, 0.6) is 5.75 Å². The number of carbonyl (C=O) groups is 3. The highest BCUT2D eigenvalue weighted by Crippen LogP contribution is 2.35. The lowest BCUT2D eigenvalue weighted by molar-refractivity contribution is -0.154. The van der Waals surface area contributed by atoms with E-state index in [1.807, 2.05) is 4.90 Å². The maximum atomic E-state index is 12.5. The van der Waals surface area contributed by atoms with Gasteiger partial charge in [-0.2, -0.15) is 0 Å². The fourth-order valence-corrected chi connectivity index (χ4v) is 4.21. The normalized spacial score (nSPS) is 21.4. The Labute approximate surface area is 165 Å². The summed E-state index contributed by atoms with van der Waals surface area (Å²) in [6, 6.07) is 6.86. The maximum absolute atomic E-state index is 12.5. The monoisotopic (exact) mass is 388 g/mol. The Hall–Kier alpha value is -2.57. The molecule has 1 heterocycles. The maximum Gasteiger partial charge on any atom is 0.325 e. The van der Waals surface area contributed by atoms with Gasteiger partial charge < -0.3 is 19.7 Å². The van der Waals surface area contributed by atoms with Gasteiger partial charge in [0, 0.05) is 18.2 Å². The Morgan fingerprint density at radius 3 is 2.54 bits per heavy atom. The predicted molar refractivity (Wildman–Crippen MR) is 103 cm³/mol. The van der Waals surface area contributed by atoms with E-state index in [9.17, 15) is 14.4 Å². The van der Waals surface area contributed by atoms with Gasteiger partial charge >= 0.3 is 5.97 Å². The minimum atomic E-state index is -0.618. The number of benzene rings is 1. The topological polar surface area (TPSA) is 84.9 Å². The largest absolute Gasteiger partial charge is 0.497 e. The summed E-state index contributed by atoms with van der Waals surface area (Å²) in [5, 5.41) is 2.51. The molecule has 1 N–H and O–H groups in total. The lowest BCUT2D eigenvalue weighted by atomic mass is 9.78. The number of rotatable bonds is 6. The van der Waals surface area contributed by atoms with E-state index in [4.69, 9.17) is 9.47 Å². The molecule has 0 spiro atoms. The Morgan fingerprint density at radius 2 is 1.79 bits per heavy atom. The highest BCUT2D eigenvalue weighted by Gasteiger charge is 2.35. The molecule has 0 bridgehead atoms. The number of hydrogen-bond donors (Lipinski definition) is 1. The first-order valence-electron chi connectivity index (χ1n) is 9.96. The third kappa shape index (κ3) is 5.03. The third-order valence-electron chi connectivity index (χ3n) is 5.67. The quantitative estimate of drug-likeness (QED) is 0.755. The molecule has 0 unspecified atom stereocenters. The minimum absolute atomic E-state index is 0.133. The number of amides is 2. The first kappa shape index (κ1) is 20.2. The standard InChI is InChI=1S/C21H28N2O5/c1-27-17-10-8-16(9-11-17)21(26)22-13-20(25)28-14-19(24)23-12-4-6-15-5-2-3-7-18(15)23/h8-11,15,18H,2-7,12-14H2,1H3,(H,22,26)/t15-,18+/m0/s1. The van der Waals surface area contributed by atoms with Crippen molar-refractivity contribution in [2.45, 2.75) is 44.6 Å². The number of nitrogens with one attached hydrogen (secondary N) is 1. The molecule has 1 aliphatic heterocycles. The van der Waals surface area contributed by atoms with Gasteiger partial charge in [-0.3, -0.25) is 14.4 Å². The molecule has 3 rings (SSSR count). The van der Waals surface area contributed by atoms with Crippen molar-refractivity contribution in [3.8, 4) is 5.75 Å². The number of ether oxygens (including phenoxy) is 2. The Bertz CT molecular complexity index is 701. The molecule has 1 saturated carbocycles. The molecule has 1 saturated heterocycles. The summed E-state index contributed by atoms with van der Waals surface area (Å²) in [6.07, 6.45) is 6.83. The average Bonchev–Trinajstić information content (AvgIpc) is 2.75. The second-order valence-corrected chi connectivity index (χ2v) is 7.41. The van der Waals surface area contributed by atoms with Crippen LogP contribution in [0.3, 0.4) is 0 Å². The molecule has 1 aromatic rings. The fraction of sp³-hybridized carbons (Fsp3) is 0.571. The number of methoxy groups -OCH3 is 1. The lowest BCUT2D eigenvalue weighted by Gasteiger charge is -2.44. The zero-order valence-corrected chi connectivity index (χ0v) is 16.3. The lowest BCUT2D eigenvalue weighted by Crippen LogP contribution is -2.51. The van der Waals surface area contributed by atoms with E-state index in [0.29, 0.717) is 23.3 Å². The first-order chi connectivity index (χ1) is 13.6. The number of nitrogens with zero attached hydrogens (tertiary/aromatic N) is 1. The molecule has 1 aromatic carbocycles. The van der Waals surface area contributed by atoms with Crippen molar-refractivity contribution >= 4 is 17.8 Å². The first-order valence-corrected chi connectivity index (χ1v) is 9.96. The molecule has 2 fully saturated rings. The van der Waals surface area contributed by atoms with Gasteiger partial charge in [0.15, 0.2) is 6.61 Å². The van der Waals surface area contributed by atoms with Crippen molar-refractivity contribution in [3.05, 3.63) is 29.8 Å². The fourth-order valence-electron chi connectivity index (χ4n) is 4.21. The van der Waals surface area contributed by atoms with E-state index in [1.54, 1.807) is 31.4 Å². The van der Waals surface area contributed by atoms with E-state index in [2.05, 4.69) is 5.32 Å². The van der Waals surface area contributed by atoms with E-state index < -0.39 is 5.97 Å². The van der Waals surface area contributed by atoms with Crippen molar-refractivity contribution < 1.29 is 23.9 Å². The molecule has 2 aliphatic rings. The molecule has 2 amide bonds. The van der Waals surface area contributed by atoms with Crippen LogP contribution in [0.15, 0.2) is 24.3 Å². The summed E-state index contributed by atoms with van der Waals surface area (Å²) in [6.45, 7) is 0.205. The summed E-state index contributed by atoms with van der Waals surface area (Å²) in [5.41, 5.74) is 0.418. The van der Waals surface area contributed by atoms with E-state index in [0.717, 1.165) is 25.8 Å². The van der Waals surface area contributed by atoms with Crippen molar-refractivity contribution in [1.29, 1.82) is 0 Å². The number of carbonyl (C=O) groups excluding carboxylic acids is 3. The van der Waals surface area contributed by atoms with Crippen LogP contribution in [0, 0.1) is 5.92 Å². The van der Waals surface area contributed by atoms with Gasteiger partial charge in [-0.25, -0.2) is 0 Å².